The van der Waals surface area contributed by atoms with Gasteiger partial charge in [-0.1, -0.05) is 64.3 Å². The third-order valence-electron chi connectivity index (χ3n) is 4.50. The second-order valence-electron chi connectivity index (χ2n) is 7.93. The van der Waals surface area contributed by atoms with Gasteiger partial charge in [0.2, 0.25) is 0 Å². The van der Waals surface area contributed by atoms with Crippen LogP contribution in [-0.4, -0.2) is 79.0 Å². The van der Waals surface area contributed by atoms with E-state index in [1.807, 2.05) is 11.1 Å². The van der Waals surface area contributed by atoms with Crippen LogP contribution in [0.5, 0.6) is 0 Å². The van der Waals surface area contributed by atoms with Gasteiger partial charge in [0.25, 0.3) is 11.1 Å². The molecule has 19 heteroatoms. The highest BCUT2D eigenvalue weighted by Gasteiger charge is 2.13. The van der Waals surface area contributed by atoms with Crippen LogP contribution >= 0.6 is 46.1 Å². The molecule has 0 aromatic carbocycles. The van der Waals surface area contributed by atoms with E-state index in [9.17, 15) is 33.6 Å². The molecule has 0 unspecified atom stereocenters. The Bertz CT molecular complexity index is 1760. The van der Waals surface area contributed by atoms with Crippen molar-refractivity contribution >= 4 is 63.5 Å². The summed E-state index contributed by atoms with van der Waals surface area (Å²) in [5.41, 5.74) is -3.02. The van der Waals surface area contributed by atoms with Crippen molar-refractivity contribution in [3.63, 3.8) is 0 Å². The summed E-state index contributed by atoms with van der Waals surface area (Å²) >= 11 is 4.80. The Balaban J connectivity index is 0.000000611. The predicted molar refractivity (Wildman–Crippen MR) is 181 cm³/mol. The van der Waals surface area contributed by atoms with Gasteiger partial charge in [-0.3, -0.25) is 38.7 Å². The fraction of sp³-hybridized carbons (Fsp3) is 0.308. The second kappa shape index (κ2) is 21.6. The molecule has 0 aliphatic heterocycles. The van der Waals surface area contributed by atoms with Crippen LogP contribution in [0.1, 0.15) is 52.2 Å². The molecular weight excluding hydrogens is 741 g/mol. The molecule has 242 valence electrons. The Kier molecular flexibility index (Phi) is 19.6. The summed E-state index contributed by atoms with van der Waals surface area (Å²) in [4.78, 5) is 85.5. The van der Waals surface area contributed by atoms with Crippen LogP contribution in [0.15, 0.2) is 67.5 Å². The van der Waals surface area contributed by atoms with Gasteiger partial charge in [0.15, 0.2) is 44.7 Å². The van der Waals surface area contributed by atoms with Crippen molar-refractivity contribution in [2.45, 2.75) is 44.2 Å². The number of aromatic amines is 2. The molecule has 0 bridgehead atoms. The highest BCUT2D eigenvalue weighted by molar-refractivity contribution is 14.1. The van der Waals surface area contributed by atoms with E-state index >= 15 is 0 Å². The summed E-state index contributed by atoms with van der Waals surface area (Å²) in [5.74, 6) is -1.24. The maximum Gasteiger partial charge on any atom is 0.345 e. The van der Waals surface area contributed by atoms with Crippen LogP contribution in [0.25, 0.3) is 0 Å². The lowest BCUT2D eigenvalue weighted by molar-refractivity contribution is 0.0995. The molecule has 0 radical (unpaired) electrons. The lowest BCUT2D eigenvalue weighted by atomic mass is 10.3. The standard InChI is InChI=1S/C9H11N3O2S.C8H9N3O3.C6H7N3O2S.C3H5I/c1-4-5-12-9(15-3)10-8(14)7(11-12)6(2)13;1-3-4-11-8(14)9-7(13)6(10-11)5(2)12;1-3(10)4-5(11)7-6(12-2)9-8-4;1-2-3-4/h4H,1,5H2,2-3H3;3H,1,4H2,2H3,(H,9,13,14);1-2H3,(H,7,9,11);2H,1,3H2. The predicted octanol–water partition coefficient (Wildman–Crippen LogP) is 1.77. The quantitative estimate of drug-likeness (QED) is 0.0985. The molecule has 0 atom stereocenters. The molecule has 0 saturated carbocycles. The zero-order valence-corrected chi connectivity index (χ0v) is 28.9. The van der Waals surface area contributed by atoms with Gasteiger partial charge in [-0.15, -0.1) is 29.9 Å². The first-order valence-corrected chi connectivity index (χ1v) is 16.4. The van der Waals surface area contributed by atoms with Crippen LogP contribution < -0.4 is 22.4 Å². The Hall–Kier alpha value is -4.11. The molecule has 3 aromatic rings. The summed E-state index contributed by atoms with van der Waals surface area (Å²) in [5, 5.41) is 15.5. The number of halogens is 1. The summed E-state index contributed by atoms with van der Waals surface area (Å²) < 4.78 is 3.50. The number of aromatic nitrogens is 9. The number of nitrogens with one attached hydrogen (secondary N) is 2. The minimum absolute atomic E-state index is 0.130. The number of alkyl halides is 1. The number of hydrogen-bond acceptors (Lipinski definition) is 14. The van der Waals surface area contributed by atoms with Crippen molar-refractivity contribution in [2.75, 3.05) is 16.9 Å². The Morgan fingerprint density at radius 2 is 1.24 bits per heavy atom. The van der Waals surface area contributed by atoms with E-state index in [2.05, 4.69) is 72.7 Å². The summed E-state index contributed by atoms with van der Waals surface area (Å²) in [6.45, 7) is 14.8. The number of rotatable bonds is 10. The smallest absolute Gasteiger partial charge is 0.298 e. The van der Waals surface area contributed by atoms with E-state index in [1.165, 1.54) is 55.1 Å². The average Bonchev–Trinajstić information content (AvgIpc) is 2.99. The number of nitrogens with zero attached hydrogens (tertiary/aromatic N) is 7. The second-order valence-corrected chi connectivity index (χ2v) is 10.4. The summed E-state index contributed by atoms with van der Waals surface area (Å²) in [7, 11) is 0. The average molecular weight is 774 g/mol. The number of Topliss-reactive ketones (excluding diaryl/α,β-unsaturated/α-hetero) is 3. The molecule has 0 amide bonds. The van der Waals surface area contributed by atoms with Crippen LogP contribution in [0.2, 0.25) is 0 Å². The fourth-order valence-corrected chi connectivity index (χ4v) is 3.39. The number of ketones is 3. The van der Waals surface area contributed by atoms with Crippen LogP contribution in [0, 0.1) is 0 Å². The number of H-pyrrole nitrogens is 2. The van der Waals surface area contributed by atoms with E-state index in [4.69, 9.17) is 0 Å². The summed E-state index contributed by atoms with van der Waals surface area (Å²) in [6, 6.07) is 0. The first-order valence-electron chi connectivity index (χ1n) is 12.4. The molecule has 3 heterocycles. The number of carbonyl (C=O) groups excluding carboxylic acids is 3. The van der Waals surface area contributed by atoms with E-state index in [0.717, 1.165) is 9.11 Å². The zero-order chi connectivity index (χ0) is 34.7. The molecule has 0 spiro atoms. The third-order valence-corrected chi connectivity index (χ3v) is 6.36. The molecule has 3 aromatic heterocycles. The molecular formula is C26H32IN9O7S2. The van der Waals surface area contributed by atoms with E-state index in [0.29, 0.717) is 16.9 Å². The fourth-order valence-electron chi connectivity index (χ4n) is 2.57. The van der Waals surface area contributed by atoms with Crippen molar-refractivity contribution < 1.29 is 14.4 Å². The molecule has 2 N–H and O–H groups in total. The highest BCUT2D eigenvalue weighted by Crippen LogP contribution is 2.08. The van der Waals surface area contributed by atoms with E-state index in [-0.39, 0.29) is 35.2 Å². The Morgan fingerprint density at radius 1 is 0.756 bits per heavy atom. The normalized spacial score (nSPS) is 9.56. The number of allylic oxidation sites excluding steroid dienone is 3. The van der Waals surface area contributed by atoms with Crippen molar-refractivity contribution in [3.05, 3.63) is 96.6 Å². The monoisotopic (exact) mass is 773 g/mol. The first kappa shape index (κ1) is 40.9. The summed E-state index contributed by atoms with van der Waals surface area (Å²) in [6.07, 6.45) is 8.48. The minimum Gasteiger partial charge on any atom is -0.298 e. The Morgan fingerprint density at radius 3 is 1.67 bits per heavy atom. The molecule has 0 aliphatic carbocycles. The highest BCUT2D eigenvalue weighted by atomic mass is 127. The van der Waals surface area contributed by atoms with Crippen LogP contribution in [0.4, 0.5) is 0 Å². The number of thioether (sulfide) groups is 2. The van der Waals surface area contributed by atoms with E-state index < -0.39 is 28.2 Å². The number of carbonyl (C=O) groups is 3. The van der Waals surface area contributed by atoms with Gasteiger partial charge in [0, 0.05) is 25.2 Å². The van der Waals surface area contributed by atoms with Gasteiger partial charge in [-0.05, 0) is 12.5 Å². The Labute approximate surface area is 279 Å². The van der Waals surface area contributed by atoms with Crippen molar-refractivity contribution in [1.29, 1.82) is 0 Å². The maximum absolute atomic E-state index is 11.3. The van der Waals surface area contributed by atoms with Crippen LogP contribution in [-0.2, 0) is 13.1 Å². The third kappa shape index (κ3) is 14.0. The van der Waals surface area contributed by atoms with Crippen molar-refractivity contribution in [1.82, 2.24) is 44.7 Å². The first-order chi connectivity index (χ1) is 21.2. The SMILES string of the molecule is C=CCI.C=CCn1nc(C(C)=O)c(=O)[nH]c1=O.C=CCn1nc(C(C)=O)c(=O)nc1SC.CSc1nnc(C(C)=O)c(=O)[nH]1. The van der Waals surface area contributed by atoms with Crippen molar-refractivity contribution in [2.24, 2.45) is 0 Å². The molecule has 0 aliphatic rings. The van der Waals surface area contributed by atoms with Crippen molar-refractivity contribution in [3.8, 4) is 0 Å². The van der Waals surface area contributed by atoms with Crippen LogP contribution in [0.3, 0.4) is 0 Å². The molecule has 0 fully saturated rings. The zero-order valence-electron chi connectivity index (χ0n) is 25.2. The molecule has 0 saturated heterocycles. The molecule has 16 nitrogen and oxygen atoms in total. The van der Waals surface area contributed by atoms with Gasteiger partial charge in [-0.2, -0.15) is 15.2 Å². The minimum atomic E-state index is -0.761. The van der Waals surface area contributed by atoms with Gasteiger partial charge in [0.05, 0.1) is 13.1 Å². The topological polar surface area (TPSA) is 225 Å². The van der Waals surface area contributed by atoms with E-state index in [1.54, 1.807) is 18.6 Å². The number of hydrogen-bond donors (Lipinski definition) is 2. The lowest BCUT2D eigenvalue weighted by Gasteiger charge is -2.07. The molecule has 3 rings (SSSR count). The van der Waals surface area contributed by atoms with Gasteiger partial charge < -0.3 is 0 Å². The van der Waals surface area contributed by atoms with Gasteiger partial charge in [0.1, 0.15) is 0 Å². The molecule has 45 heavy (non-hydrogen) atoms. The largest absolute Gasteiger partial charge is 0.345 e. The lowest BCUT2D eigenvalue weighted by Crippen LogP contribution is -2.35. The maximum atomic E-state index is 11.3. The van der Waals surface area contributed by atoms with Gasteiger partial charge >= 0.3 is 11.2 Å². The van der Waals surface area contributed by atoms with Gasteiger partial charge in [-0.25, -0.2) is 14.2 Å².